The van der Waals surface area contributed by atoms with Crippen molar-refractivity contribution >= 4 is 15.9 Å². The molecule has 2 aromatic heterocycles. The van der Waals surface area contributed by atoms with E-state index in [-0.39, 0.29) is 5.69 Å². The van der Waals surface area contributed by atoms with Crippen LogP contribution in [0.3, 0.4) is 0 Å². The number of aliphatic hydroxyl groups is 1. The molecule has 8 heteroatoms. The summed E-state index contributed by atoms with van der Waals surface area (Å²) >= 11 is 3.08. The van der Waals surface area contributed by atoms with Crippen molar-refractivity contribution in [3.8, 4) is 0 Å². The largest absolute Gasteiger partial charge is 0.382 e. The molecule has 0 saturated carbocycles. The minimum absolute atomic E-state index is 0.193. The van der Waals surface area contributed by atoms with Crippen molar-refractivity contribution < 1.29 is 18.3 Å². The third-order valence-corrected chi connectivity index (χ3v) is 3.02. The summed E-state index contributed by atoms with van der Waals surface area (Å²) in [6.45, 7) is -0.551. The van der Waals surface area contributed by atoms with Crippen LogP contribution in [-0.2, 0) is 6.54 Å². The van der Waals surface area contributed by atoms with Gasteiger partial charge in [0.05, 0.1) is 18.1 Å². The van der Waals surface area contributed by atoms with E-state index in [4.69, 9.17) is 0 Å². The molecule has 0 bridgehead atoms. The zero-order valence-electron chi connectivity index (χ0n) is 9.47. The number of nitrogens with zero attached hydrogens (tertiary/aromatic N) is 3. The van der Waals surface area contributed by atoms with E-state index < -0.39 is 24.9 Å². The highest BCUT2D eigenvalue weighted by Crippen LogP contribution is 2.26. The fraction of sp³-hybridized carbons (Fsp3) is 0.273. The molecule has 2 aromatic rings. The maximum absolute atomic E-state index is 12.9. The molecule has 19 heavy (non-hydrogen) atoms. The summed E-state index contributed by atoms with van der Waals surface area (Å²) in [5, 5.41) is 13.8. The van der Waals surface area contributed by atoms with Gasteiger partial charge in [-0.1, -0.05) is 0 Å². The Hall–Kier alpha value is -1.41. The molecule has 1 unspecified atom stereocenters. The summed E-state index contributed by atoms with van der Waals surface area (Å²) < 4.78 is 38.6. The molecule has 1 N–H and O–H groups in total. The summed E-state index contributed by atoms with van der Waals surface area (Å²) in [5.41, 5.74) is 0.499. The number of hydrogen-bond donors (Lipinski definition) is 1. The van der Waals surface area contributed by atoms with Gasteiger partial charge in [0.15, 0.2) is 0 Å². The Morgan fingerprint density at radius 3 is 2.74 bits per heavy atom. The SMILES string of the molecule is OC(c1cnn(CC(F)F)c1)c1ncc(F)cc1Br. The third-order valence-electron chi connectivity index (χ3n) is 2.39. The van der Waals surface area contributed by atoms with Gasteiger partial charge in [0.25, 0.3) is 6.43 Å². The van der Waals surface area contributed by atoms with Gasteiger partial charge < -0.3 is 5.11 Å². The molecule has 0 aromatic carbocycles. The minimum Gasteiger partial charge on any atom is -0.382 e. The highest BCUT2D eigenvalue weighted by atomic mass is 79.9. The Kier molecular flexibility index (Phi) is 4.20. The smallest absolute Gasteiger partial charge is 0.257 e. The van der Waals surface area contributed by atoms with E-state index >= 15 is 0 Å². The van der Waals surface area contributed by atoms with Gasteiger partial charge in [0, 0.05) is 16.2 Å². The minimum atomic E-state index is -2.53. The number of pyridine rings is 1. The van der Waals surface area contributed by atoms with Gasteiger partial charge in [-0.3, -0.25) is 9.67 Å². The molecule has 0 aliphatic carbocycles. The van der Waals surface area contributed by atoms with E-state index in [1.165, 1.54) is 12.4 Å². The maximum atomic E-state index is 12.9. The number of aromatic nitrogens is 3. The van der Waals surface area contributed by atoms with Gasteiger partial charge >= 0.3 is 0 Å². The van der Waals surface area contributed by atoms with Crippen molar-refractivity contribution in [2.75, 3.05) is 0 Å². The second kappa shape index (κ2) is 5.70. The summed E-state index contributed by atoms with van der Waals surface area (Å²) in [6.07, 6.45) is -0.159. The van der Waals surface area contributed by atoms with Crippen molar-refractivity contribution in [3.05, 3.63) is 46.2 Å². The van der Waals surface area contributed by atoms with E-state index in [0.29, 0.717) is 10.0 Å². The first kappa shape index (κ1) is 14.0. The monoisotopic (exact) mass is 335 g/mol. The lowest BCUT2D eigenvalue weighted by atomic mass is 10.1. The van der Waals surface area contributed by atoms with Crippen LogP contribution in [-0.4, -0.2) is 26.3 Å². The molecule has 2 heterocycles. The Morgan fingerprint density at radius 1 is 1.37 bits per heavy atom. The molecule has 0 fully saturated rings. The highest BCUT2D eigenvalue weighted by Gasteiger charge is 2.18. The average molecular weight is 336 g/mol. The number of aliphatic hydroxyl groups excluding tert-OH is 1. The fourth-order valence-electron chi connectivity index (χ4n) is 1.55. The summed E-state index contributed by atoms with van der Waals surface area (Å²) in [6, 6.07) is 1.16. The number of halogens is 4. The number of alkyl halides is 2. The summed E-state index contributed by atoms with van der Waals surface area (Å²) in [7, 11) is 0. The topological polar surface area (TPSA) is 50.9 Å². The predicted molar refractivity (Wildman–Crippen MR) is 64.2 cm³/mol. The van der Waals surface area contributed by atoms with Gasteiger partial charge in [0.1, 0.15) is 18.5 Å². The number of rotatable bonds is 4. The first-order chi connectivity index (χ1) is 8.97. The molecule has 0 aliphatic heterocycles. The lowest BCUT2D eigenvalue weighted by Gasteiger charge is -2.09. The molecular weight excluding hydrogens is 327 g/mol. The first-order valence-corrected chi connectivity index (χ1v) is 6.06. The summed E-state index contributed by atoms with van der Waals surface area (Å²) in [4.78, 5) is 3.77. The van der Waals surface area contributed by atoms with Crippen LogP contribution in [0.2, 0.25) is 0 Å². The molecule has 102 valence electrons. The lowest BCUT2D eigenvalue weighted by Crippen LogP contribution is -2.07. The zero-order valence-corrected chi connectivity index (χ0v) is 11.1. The van der Waals surface area contributed by atoms with Crippen LogP contribution >= 0.6 is 15.9 Å². The molecule has 1 atom stereocenters. The number of hydrogen-bond acceptors (Lipinski definition) is 3. The van der Waals surface area contributed by atoms with E-state index in [1.54, 1.807) is 0 Å². The van der Waals surface area contributed by atoms with Crippen molar-refractivity contribution in [3.63, 3.8) is 0 Å². The Balaban J connectivity index is 2.23. The van der Waals surface area contributed by atoms with Crippen molar-refractivity contribution in [1.82, 2.24) is 14.8 Å². The fourth-order valence-corrected chi connectivity index (χ4v) is 2.08. The van der Waals surface area contributed by atoms with E-state index in [9.17, 15) is 18.3 Å². The van der Waals surface area contributed by atoms with Crippen LogP contribution in [0.5, 0.6) is 0 Å². The van der Waals surface area contributed by atoms with E-state index in [0.717, 1.165) is 16.9 Å². The van der Waals surface area contributed by atoms with Crippen molar-refractivity contribution in [2.24, 2.45) is 0 Å². The normalized spacial score (nSPS) is 12.9. The molecule has 0 radical (unpaired) electrons. The van der Waals surface area contributed by atoms with Crippen LogP contribution < -0.4 is 0 Å². The van der Waals surface area contributed by atoms with Crippen LogP contribution in [0.15, 0.2) is 29.1 Å². The van der Waals surface area contributed by atoms with Gasteiger partial charge in [-0.05, 0) is 22.0 Å². The average Bonchev–Trinajstić information content (AvgIpc) is 2.75. The van der Waals surface area contributed by atoms with Gasteiger partial charge in [-0.25, -0.2) is 13.2 Å². The maximum Gasteiger partial charge on any atom is 0.257 e. The Morgan fingerprint density at radius 2 is 2.11 bits per heavy atom. The van der Waals surface area contributed by atoms with Crippen LogP contribution in [0.4, 0.5) is 13.2 Å². The van der Waals surface area contributed by atoms with Crippen molar-refractivity contribution in [1.29, 1.82) is 0 Å². The molecule has 0 spiro atoms. The first-order valence-electron chi connectivity index (χ1n) is 5.27. The molecule has 2 rings (SSSR count). The molecule has 4 nitrogen and oxygen atoms in total. The van der Waals surface area contributed by atoms with Gasteiger partial charge in [-0.15, -0.1) is 0 Å². The Bertz CT molecular complexity index is 576. The third kappa shape index (κ3) is 3.32. The zero-order chi connectivity index (χ0) is 14.0. The Labute approximate surface area is 115 Å². The van der Waals surface area contributed by atoms with E-state index in [1.807, 2.05) is 0 Å². The molecular formula is C11H9BrF3N3O. The van der Waals surface area contributed by atoms with Crippen LogP contribution in [0, 0.1) is 5.82 Å². The lowest BCUT2D eigenvalue weighted by molar-refractivity contribution is 0.121. The second-order valence-electron chi connectivity index (χ2n) is 3.81. The van der Waals surface area contributed by atoms with Crippen LogP contribution in [0.25, 0.3) is 0 Å². The standard InChI is InChI=1S/C11H9BrF3N3O/c12-8-1-7(13)3-16-10(8)11(19)6-2-17-18(4-6)5-9(14)15/h1-4,9,11,19H,5H2. The quantitative estimate of drug-likeness (QED) is 0.934. The van der Waals surface area contributed by atoms with Gasteiger partial charge in [0.2, 0.25) is 0 Å². The molecule has 0 saturated heterocycles. The molecule has 0 aliphatic rings. The summed E-state index contributed by atoms with van der Waals surface area (Å²) in [5.74, 6) is -0.545. The molecule has 0 amide bonds. The van der Waals surface area contributed by atoms with Crippen LogP contribution in [0.1, 0.15) is 17.4 Å². The van der Waals surface area contributed by atoms with Crippen molar-refractivity contribution in [2.45, 2.75) is 19.1 Å². The second-order valence-corrected chi connectivity index (χ2v) is 4.66. The van der Waals surface area contributed by atoms with E-state index in [2.05, 4.69) is 26.0 Å². The van der Waals surface area contributed by atoms with Gasteiger partial charge in [-0.2, -0.15) is 5.10 Å². The predicted octanol–water partition coefficient (Wildman–Crippen LogP) is 2.53. The highest BCUT2D eigenvalue weighted by molar-refractivity contribution is 9.10.